The third-order valence-corrected chi connectivity index (χ3v) is 3.97. The predicted octanol–water partition coefficient (Wildman–Crippen LogP) is 2.22. The zero-order chi connectivity index (χ0) is 16.1. The number of hydrogen-bond donors (Lipinski definition) is 2. The van der Waals surface area contributed by atoms with Crippen LogP contribution < -0.4 is 10.1 Å². The number of aromatic nitrogens is 2. The maximum absolute atomic E-state index is 11.1. The summed E-state index contributed by atoms with van der Waals surface area (Å²) in [6.45, 7) is 2.71. The SMILES string of the molecule is O=C(O)c1cccc(-c2cc(OCC3CCNCC3)ncn2)c1. The summed E-state index contributed by atoms with van der Waals surface area (Å²) in [5.41, 5.74) is 1.63. The molecule has 0 radical (unpaired) electrons. The number of nitrogens with zero attached hydrogens (tertiary/aromatic N) is 2. The summed E-state index contributed by atoms with van der Waals surface area (Å²) in [6.07, 6.45) is 3.66. The van der Waals surface area contributed by atoms with E-state index in [9.17, 15) is 4.79 Å². The van der Waals surface area contributed by atoms with Gasteiger partial charge in [-0.05, 0) is 44.0 Å². The van der Waals surface area contributed by atoms with Crippen molar-refractivity contribution in [2.24, 2.45) is 5.92 Å². The number of carboxylic acid groups (broad SMARTS) is 1. The van der Waals surface area contributed by atoms with E-state index in [0.29, 0.717) is 24.1 Å². The summed E-state index contributed by atoms with van der Waals surface area (Å²) in [7, 11) is 0. The van der Waals surface area contributed by atoms with Crippen LogP contribution in [0.4, 0.5) is 0 Å². The average molecular weight is 313 g/mol. The molecule has 1 saturated heterocycles. The highest BCUT2D eigenvalue weighted by molar-refractivity contribution is 5.89. The van der Waals surface area contributed by atoms with Gasteiger partial charge in [-0.2, -0.15) is 0 Å². The fourth-order valence-electron chi connectivity index (χ4n) is 2.64. The van der Waals surface area contributed by atoms with E-state index in [4.69, 9.17) is 9.84 Å². The monoisotopic (exact) mass is 313 g/mol. The summed E-state index contributed by atoms with van der Waals surface area (Å²) >= 11 is 0. The smallest absolute Gasteiger partial charge is 0.335 e. The highest BCUT2D eigenvalue weighted by Crippen LogP contribution is 2.22. The highest BCUT2D eigenvalue weighted by Gasteiger charge is 2.14. The molecule has 0 unspecified atom stereocenters. The van der Waals surface area contributed by atoms with Crippen molar-refractivity contribution in [1.29, 1.82) is 0 Å². The first-order chi connectivity index (χ1) is 11.2. The largest absolute Gasteiger partial charge is 0.478 e. The molecule has 2 heterocycles. The molecule has 0 saturated carbocycles. The number of piperidine rings is 1. The lowest BCUT2D eigenvalue weighted by Gasteiger charge is -2.22. The van der Waals surface area contributed by atoms with E-state index < -0.39 is 5.97 Å². The number of rotatable bonds is 5. The average Bonchev–Trinajstić information content (AvgIpc) is 2.61. The second-order valence-corrected chi connectivity index (χ2v) is 5.63. The van der Waals surface area contributed by atoms with E-state index in [-0.39, 0.29) is 5.56 Å². The summed E-state index contributed by atoms with van der Waals surface area (Å²) in [6, 6.07) is 8.44. The molecule has 0 atom stereocenters. The molecule has 0 spiro atoms. The Morgan fingerprint density at radius 3 is 2.87 bits per heavy atom. The minimum atomic E-state index is -0.955. The molecule has 2 aromatic rings. The van der Waals surface area contributed by atoms with Gasteiger partial charge in [0.2, 0.25) is 5.88 Å². The maximum Gasteiger partial charge on any atom is 0.335 e. The van der Waals surface area contributed by atoms with Crippen LogP contribution in [0.5, 0.6) is 5.88 Å². The number of hydrogen-bond acceptors (Lipinski definition) is 5. The highest BCUT2D eigenvalue weighted by atomic mass is 16.5. The Balaban J connectivity index is 1.71. The minimum absolute atomic E-state index is 0.235. The van der Waals surface area contributed by atoms with Crippen LogP contribution in [-0.4, -0.2) is 40.7 Å². The lowest BCUT2D eigenvalue weighted by atomic mass is 9.99. The first-order valence-electron chi connectivity index (χ1n) is 7.71. The number of carboxylic acids is 1. The van der Waals surface area contributed by atoms with Crippen LogP contribution in [0.2, 0.25) is 0 Å². The lowest BCUT2D eigenvalue weighted by Crippen LogP contribution is -2.30. The molecule has 2 N–H and O–H groups in total. The summed E-state index contributed by atoms with van der Waals surface area (Å²) in [4.78, 5) is 19.4. The van der Waals surface area contributed by atoms with Gasteiger partial charge in [0.05, 0.1) is 17.9 Å². The molecule has 23 heavy (non-hydrogen) atoms. The van der Waals surface area contributed by atoms with Crippen molar-refractivity contribution in [3.05, 3.63) is 42.2 Å². The van der Waals surface area contributed by atoms with Crippen molar-refractivity contribution >= 4 is 5.97 Å². The number of carbonyl (C=O) groups is 1. The zero-order valence-electron chi connectivity index (χ0n) is 12.7. The summed E-state index contributed by atoms with van der Waals surface area (Å²) in [5, 5.41) is 12.4. The van der Waals surface area contributed by atoms with Crippen molar-refractivity contribution in [2.75, 3.05) is 19.7 Å². The van der Waals surface area contributed by atoms with Gasteiger partial charge in [0.25, 0.3) is 0 Å². The molecule has 0 amide bonds. The van der Waals surface area contributed by atoms with Crippen molar-refractivity contribution in [3.8, 4) is 17.1 Å². The van der Waals surface area contributed by atoms with Crippen LogP contribution >= 0.6 is 0 Å². The molecule has 1 aliphatic rings. The van der Waals surface area contributed by atoms with Crippen LogP contribution in [0.3, 0.4) is 0 Å². The molecule has 3 rings (SSSR count). The summed E-state index contributed by atoms with van der Waals surface area (Å²) < 4.78 is 5.79. The Kier molecular flexibility index (Phi) is 4.83. The molecular formula is C17H19N3O3. The molecule has 0 aliphatic carbocycles. The number of benzene rings is 1. The van der Waals surface area contributed by atoms with Crippen LogP contribution in [0.15, 0.2) is 36.7 Å². The van der Waals surface area contributed by atoms with Gasteiger partial charge in [0, 0.05) is 11.6 Å². The van der Waals surface area contributed by atoms with Gasteiger partial charge in [-0.1, -0.05) is 12.1 Å². The lowest BCUT2D eigenvalue weighted by molar-refractivity contribution is 0.0697. The van der Waals surface area contributed by atoms with Crippen molar-refractivity contribution in [2.45, 2.75) is 12.8 Å². The predicted molar refractivity (Wildman–Crippen MR) is 85.5 cm³/mol. The molecular weight excluding hydrogens is 294 g/mol. The van der Waals surface area contributed by atoms with E-state index in [0.717, 1.165) is 31.5 Å². The fourth-order valence-corrected chi connectivity index (χ4v) is 2.64. The maximum atomic E-state index is 11.1. The van der Waals surface area contributed by atoms with Gasteiger partial charge in [-0.3, -0.25) is 0 Å². The second kappa shape index (κ2) is 7.19. The number of ether oxygens (including phenoxy) is 1. The van der Waals surface area contributed by atoms with E-state index >= 15 is 0 Å². The Labute approximate surface area is 134 Å². The Morgan fingerprint density at radius 1 is 1.26 bits per heavy atom. The molecule has 6 heteroatoms. The fraction of sp³-hybridized carbons (Fsp3) is 0.353. The van der Waals surface area contributed by atoms with Gasteiger partial charge < -0.3 is 15.2 Å². The molecule has 1 aromatic heterocycles. The van der Waals surface area contributed by atoms with Crippen LogP contribution in [0.25, 0.3) is 11.3 Å². The quantitative estimate of drug-likeness (QED) is 0.880. The van der Waals surface area contributed by atoms with Crippen LogP contribution in [0.1, 0.15) is 23.2 Å². The van der Waals surface area contributed by atoms with Crippen LogP contribution in [0, 0.1) is 5.92 Å². The van der Waals surface area contributed by atoms with Gasteiger partial charge in [0.1, 0.15) is 6.33 Å². The van der Waals surface area contributed by atoms with Crippen molar-refractivity contribution in [3.63, 3.8) is 0 Å². The van der Waals surface area contributed by atoms with Gasteiger partial charge in [-0.15, -0.1) is 0 Å². The first kappa shape index (κ1) is 15.4. The van der Waals surface area contributed by atoms with E-state index in [1.165, 1.54) is 6.33 Å². The van der Waals surface area contributed by atoms with Crippen LogP contribution in [-0.2, 0) is 0 Å². The third kappa shape index (κ3) is 4.04. The second-order valence-electron chi connectivity index (χ2n) is 5.63. The molecule has 120 valence electrons. The Morgan fingerprint density at radius 2 is 2.09 bits per heavy atom. The van der Waals surface area contributed by atoms with Gasteiger partial charge in [0.15, 0.2) is 0 Å². The number of nitrogens with one attached hydrogen (secondary N) is 1. The van der Waals surface area contributed by atoms with Crippen molar-refractivity contribution in [1.82, 2.24) is 15.3 Å². The van der Waals surface area contributed by atoms with Gasteiger partial charge in [-0.25, -0.2) is 14.8 Å². The molecule has 1 aliphatic heterocycles. The van der Waals surface area contributed by atoms with E-state index in [1.54, 1.807) is 24.3 Å². The van der Waals surface area contributed by atoms with E-state index in [2.05, 4.69) is 15.3 Å². The third-order valence-electron chi connectivity index (χ3n) is 3.97. The summed E-state index contributed by atoms with van der Waals surface area (Å²) in [5.74, 6) is 0.113. The Bertz CT molecular complexity index is 684. The van der Waals surface area contributed by atoms with Gasteiger partial charge >= 0.3 is 5.97 Å². The molecule has 1 aromatic carbocycles. The first-order valence-corrected chi connectivity index (χ1v) is 7.71. The van der Waals surface area contributed by atoms with E-state index in [1.807, 2.05) is 6.07 Å². The standard InChI is InChI=1S/C17H19N3O3/c21-17(22)14-3-1-2-13(8-14)15-9-16(20-11-19-15)23-10-12-4-6-18-7-5-12/h1-3,8-9,11-12,18H,4-7,10H2,(H,21,22). The number of aromatic carboxylic acids is 1. The zero-order valence-corrected chi connectivity index (χ0v) is 12.7. The molecule has 1 fully saturated rings. The molecule has 0 bridgehead atoms. The molecule has 6 nitrogen and oxygen atoms in total. The Hall–Kier alpha value is -2.47. The van der Waals surface area contributed by atoms with Crippen molar-refractivity contribution < 1.29 is 14.6 Å². The topological polar surface area (TPSA) is 84.3 Å². The normalized spacial score (nSPS) is 15.3. The minimum Gasteiger partial charge on any atom is -0.478 e.